The van der Waals surface area contributed by atoms with Gasteiger partial charge in [0.2, 0.25) is 5.91 Å². The van der Waals surface area contributed by atoms with Gasteiger partial charge >= 0.3 is 0 Å². The van der Waals surface area contributed by atoms with E-state index in [1.54, 1.807) is 0 Å². The fourth-order valence-corrected chi connectivity index (χ4v) is 4.34. The second kappa shape index (κ2) is 10.5. The van der Waals surface area contributed by atoms with Crippen LogP contribution < -0.4 is 5.32 Å². The van der Waals surface area contributed by atoms with Crippen molar-refractivity contribution >= 4 is 23.4 Å². The zero-order valence-corrected chi connectivity index (χ0v) is 20.0. The van der Waals surface area contributed by atoms with Gasteiger partial charge in [0.25, 0.3) is 0 Å². The third kappa shape index (κ3) is 5.71. The van der Waals surface area contributed by atoms with Crippen molar-refractivity contribution in [2.24, 2.45) is 0 Å². The summed E-state index contributed by atoms with van der Waals surface area (Å²) in [7, 11) is 0. The molecule has 5 nitrogen and oxygen atoms in total. The summed E-state index contributed by atoms with van der Waals surface area (Å²) in [5.74, 6) is 1.04. The summed E-state index contributed by atoms with van der Waals surface area (Å²) in [6, 6.07) is 24.6. The highest BCUT2D eigenvalue weighted by Crippen LogP contribution is 2.24. The largest absolute Gasteiger partial charge is 0.325 e. The molecule has 33 heavy (non-hydrogen) atoms. The standard InChI is InChI=1S/C27H28N4OS/c1-4-21-11-14-24(15-12-21)31-25(17-22-8-6-5-7-9-22)29-30-27(31)33-18-26(32)28-23-13-10-19(2)20(3)16-23/h5-16H,4,17-18H2,1-3H3,(H,28,32). The summed E-state index contributed by atoms with van der Waals surface area (Å²) in [5, 5.41) is 12.6. The van der Waals surface area contributed by atoms with E-state index in [1.165, 1.54) is 28.5 Å². The van der Waals surface area contributed by atoms with E-state index in [0.717, 1.165) is 29.2 Å². The van der Waals surface area contributed by atoms with E-state index in [0.29, 0.717) is 11.6 Å². The quantitative estimate of drug-likeness (QED) is 0.342. The molecule has 0 spiro atoms. The van der Waals surface area contributed by atoms with E-state index >= 15 is 0 Å². The number of benzene rings is 3. The second-order valence-electron chi connectivity index (χ2n) is 8.05. The molecule has 1 aromatic heterocycles. The maximum atomic E-state index is 12.6. The molecule has 6 heteroatoms. The lowest BCUT2D eigenvalue weighted by Crippen LogP contribution is -2.15. The molecule has 1 N–H and O–H groups in total. The number of nitrogens with zero attached hydrogens (tertiary/aromatic N) is 3. The van der Waals surface area contributed by atoms with E-state index < -0.39 is 0 Å². The normalized spacial score (nSPS) is 10.9. The molecule has 1 amide bonds. The third-order valence-corrected chi connectivity index (χ3v) is 6.56. The lowest BCUT2D eigenvalue weighted by Gasteiger charge is -2.11. The van der Waals surface area contributed by atoms with E-state index in [-0.39, 0.29) is 11.7 Å². The van der Waals surface area contributed by atoms with Crippen molar-refractivity contribution < 1.29 is 4.79 Å². The molecule has 0 fully saturated rings. The number of hydrogen-bond donors (Lipinski definition) is 1. The Morgan fingerprint density at radius 3 is 2.36 bits per heavy atom. The highest BCUT2D eigenvalue weighted by Gasteiger charge is 2.16. The smallest absolute Gasteiger partial charge is 0.234 e. The van der Waals surface area contributed by atoms with Gasteiger partial charge in [0.1, 0.15) is 5.82 Å². The van der Waals surface area contributed by atoms with Crippen molar-refractivity contribution in [1.29, 1.82) is 0 Å². The number of rotatable bonds is 8. The predicted octanol–water partition coefficient (Wildman–Crippen LogP) is 5.77. The fraction of sp³-hybridized carbons (Fsp3) is 0.222. The lowest BCUT2D eigenvalue weighted by atomic mass is 10.1. The molecule has 168 valence electrons. The number of carbonyl (C=O) groups is 1. The van der Waals surface area contributed by atoms with Crippen LogP contribution in [0.15, 0.2) is 78.0 Å². The molecule has 4 aromatic rings. The summed E-state index contributed by atoms with van der Waals surface area (Å²) in [6.45, 7) is 6.24. The van der Waals surface area contributed by atoms with Crippen LogP contribution in [0.5, 0.6) is 0 Å². The first kappa shape index (κ1) is 22.8. The number of carbonyl (C=O) groups excluding carboxylic acids is 1. The van der Waals surface area contributed by atoms with Crippen LogP contribution in [-0.4, -0.2) is 26.4 Å². The van der Waals surface area contributed by atoms with E-state index in [9.17, 15) is 4.79 Å². The van der Waals surface area contributed by atoms with Gasteiger partial charge in [0.15, 0.2) is 5.16 Å². The molecule has 3 aromatic carbocycles. The minimum Gasteiger partial charge on any atom is -0.325 e. The van der Waals surface area contributed by atoms with Crippen LogP contribution in [0.4, 0.5) is 5.69 Å². The van der Waals surface area contributed by atoms with Gasteiger partial charge in [-0.1, -0.05) is 67.2 Å². The van der Waals surface area contributed by atoms with Gasteiger partial charge in [-0.3, -0.25) is 9.36 Å². The van der Waals surface area contributed by atoms with Gasteiger partial charge in [-0.25, -0.2) is 0 Å². The van der Waals surface area contributed by atoms with Gasteiger partial charge in [-0.15, -0.1) is 10.2 Å². The summed E-state index contributed by atoms with van der Waals surface area (Å²) in [5.41, 5.74) is 6.61. The molecule has 0 saturated carbocycles. The van der Waals surface area contributed by atoms with Crippen LogP contribution in [0.25, 0.3) is 5.69 Å². The van der Waals surface area contributed by atoms with Gasteiger partial charge in [0.05, 0.1) is 5.75 Å². The third-order valence-electron chi connectivity index (χ3n) is 5.63. The Bertz CT molecular complexity index is 1230. The van der Waals surface area contributed by atoms with Crippen LogP contribution in [0.2, 0.25) is 0 Å². The van der Waals surface area contributed by atoms with Gasteiger partial charge in [-0.05, 0) is 66.8 Å². The van der Waals surface area contributed by atoms with Crippen LogP contribution in [-0.2, 0) is 17.6 Å². The summed E-state index contributed by atoms with van der Waals surface area (Å²) in [4.78, 5) is 12.6. The van der Waals surface area contributed by atoms with E-state index in [4.69, 9.17) is 0 Å². The molecule has 0 radical (unpaired) electrons. The molecule has 0 aliphatic rings. The Kier molecular flexibility index (Phi) is 7.25. The lowest BCUT2D eigenvalue weighted by molar-refractivity contribution is -0.113. The highest BCUT2D eigenvalue weighted by molar-refractivity contribution is 7.99. The molecule has 0 saturated heterocycles. The molecular formula is C27H28N4OS. The van der Waals surface area contributed by atoms with Crippen molar-refractivity contribution in [3.05, 3.63) is 101 Å². The first-order chi connectivity index (χ1) is 16.0. The predicted molar refractivity (Wildman–Crippen MR) is 135 cm³/mol. The summed E-state index contributed by atoms with van der Waals surface area (Å²) in [6.07, 6.45) is 1.65. The van der Waals surface area contributed by atoms with E-state index in [1.807, 2.05) is 43.3 Å². The molecule has 0 aliphatic heterocycles. The monoisotopic (exact) mass is 456 g/mol. The Morgan fingerprint density at radius 2 is 1.67 bits per heavy atom. The maximum Gasteiger partial charge on any atom is 0.234 e. The van der Waals surface area contributed by atoms with Crippen molar-refractivity contribution in [3.63, 3.8) is 0 Å². The van der Waals surface area contributed by atoms with Crippen molar-refractivity contribution in [1.82, 2.24) is 14.8 Å². The maximum absolute atomic E-state index is 12.6. The average molecular weight is 457 g/mol. The van der Waals surface area contributed by atoms with Crippen LogP contribution in [0.1, 0.15) is 35.0 Å². The summed E-state index contributed by atoms with van der Waals surface area (Å²) >= 11 is 1.40. The van der Waals surface area contributed by atoms with Crippen molar-refractivity contribution in [3.8, 4) is 5.69 Å². The number of thioether (sulfide) groups is 1. The van der Waals surface area contributed by atoms with E-state index in [2.05, 4.69) is 70.3 Å². The average Bonchev–Trinajstić information content (AvgIpc) is 3.23. The number of aryl methyl sites for hydroxylation is 3. The van der Waals surface area contributed by atoms with Gasteiger partial charge < -0.3 is 5.32 Å². The Labute approximate surface area is 199 Å². The molecule has 0 atom stereocenters. The second-order valence-corrected chi connectivity index (χ2v) is 8.99. The minimum absolute atomic E-state index is 0.0660. The number of anilines is 1. The van der Waals surface area contributed by atoms with Gasteiger partial charge in [0, 0.05) is 17.8 Å². The zero-order valence-electron chi connectivity index (χ0n) is 19.2. The Morgan fingerprint density at radius 1 is 0.909 bits per heavy atom. The Balaban J connectivity index is 1.55. The molecule has 0 bridgehead atoms. The number of aromatic nitrogens is 3. The zero-order chi connectivity index (χ0) is 23.2. The van der Waals surface area contributed by atoms with Crippen LogP contribution >= 0.6 is 11.8 Å². The fourth-order valence-electron chi connectivity index (χ4n) is 3.57. The number of hydrogen-bond acceptors (Lipinski definition) is 4. The topological polar surface area (TPSA) is 59.8 Å². The SMILES string of the molecule is CCc1ccc(-n2c(Cc3ccccc3)nnc2SCC(=O)Nc2ccc(C)c(C)c2)cc1. The molecule has 1 heterocycles. The van der Waals surface area contributed by atoms with Crippen molar-refractivity contribution in [2.75, 3.05) is 11.1 Å². The van der Waals surface area contributed by atoms with Crippen LogP contribution in [0, 0.1) is 13.8 Å². The molecule has 4 rings (SSSR count). The number of nitrogens with one attached hydrogen (secondary N) is 1. The minimum atomic E-state index is -0.0660. The molecule has 0 aliphatic carbocycles. The number of amides is 1. The summed E-state index contributed by atoms with van der Waals surface area (Å²) < 4.78 is 2.06. The molecule has 0 unspecified atom stereocenters. The highest BCUT2D eigenvalue weighted by atomic mass is 32.2. The molecular weight excluding hydrogens is 428 g/mol. The first-order valence-electron chi connectivity index (χ1n) is 11.1. The Hall–Kier alpha value is -3.38. The van der Waals surface area contributed by atoms with Crippen LogP contribution in [0.3, 0.4) is 0 Å². The first-order valence-corrected chi connectivity index (χ1v) is 12.1. The van der Waals surface area contributed by atoms with Gasteiger partial charge in [-0.2, -0.15) is 0 Å². The van der Waals surface area contributed by atoms with Crippen molar-refractivity contribution in [2.45, 2.75) is 38.8 Å².